The van der Waals surface area contributed by atoms with Gasteiger partial charge in [-0.1, -0.05) is 36.2 Å². The molecule has 1 atom stereocenters. The lowest BCUT2D eigenvalue weighted by molar-refractivity contribution is -0.116. The van der Waals surface area contributed by atoms with Crippen LogP contribution in [0.25, 0.3) is 0 Å². The van der Waals surface area contributed by atoms with Gasteiger partial charge in [-0.25, -0.2) is 0 Å². The Bertz CT molecular complexity index is 951. The number of rotatable bonds is 2. The summed E-state index contributed by atoms with van der Waals surface area (Å²) in [4.78, 5) is 34.7. The zero-order valence-electron chi connectivity index (χ0n) is 14.9. The van der Waals surface area contributed by atoms with Crippen molar-refractivity contribution in [1.29, 1.82) is 0 Å². The number of amides is 1. The van der Waals surface area contributed by atoms with Crippen LogP contribution < -0.4 is 15.8 Å². The molecule has 1 fully saturated rings. The Morgan fingerprint density at radius 2 is 1.93 bits per heavy atom. The SMILES string of the molecule is CC1CCN(c2nc3c(c(=O)[nH]2)C(c2ccc(Cl)cc2Cl)CC(=O)N3)CC1. The summed E-state index contributed by atoms with van der Waals surface area (Å²) in [6.45, 7) is 3.90. The summed E-state index contributed by atoms with van der Waals surface area (Å²) in [6.07, 6.45) is 2.24. The monoisotopic (exact) mass is 406 g/mol. The van der Waals surface area contributed by atoms with E-state index in [-0.39, 0.29) is 17.9 Å². The van der Waals surface area contributed by atoms with Gasteiger partial charge in [0.05, 0.1) is 5.56 Å². The van der Waals surface area contributed by atoms with Crippen LogP contribution in [0.2, 0.25) is 10.0 Å². The molecule has 0 radical (unpaired) electrons. The number of hydrogen-bond donors (Lipinski definition) is 2. The van der Waals surface area contributed by atoms with E-state index in [4.69, 9.17) is 23.2 Å². The second-order valence-corrected chi connectivity index (χ2v) is 8.14. The summed E-state index contributed by atoms with van der Waals surface area (Å²) in [7, 11) is 0. The number of aromatic amines is 1. The average Bonchev–Trinajstić information content (AvgIpc) is 2.61. The number of hydrogen-bond acceptors (Lipinski definition) is 4. The minimum Gasteiger partial charge on any atom is -0.342 e. The van der Waals surface area contributed by atoms with Gasteiger partial charge < -0.3 is 10.2 Å². The highest BCUT2D eigenvalue weighted by atomic mass is 35.5. The molecule has 2 aromatic rings. The summed E-state index contributed by atoms with van der Waals surface area (Å²) in [6, 6.07) is 5.09. The summed E-state index contributed by atoms with van der Waals surface area (Å²) in [5.74, 6) is 0.857. The number of benzene rings is 1. The quantitative estimate of drug-likeness (QED) is 0.794. The predicted octanol–water partition coefficient (Wildman–Crippen LogP) is 3.79. The van der Waals surface area contributed by atoms with Gasteiger partial charge in [0.2, 0.25) is 11.9 Å². The molecule has 27 heavy (non-hydrogen) atoms. The van der Waals surface area contributed by atoms with Crippen molar-refractivity contribution < 1.29 is 4.79 Å². The van der Waals surface area contributed by atoms with E-state index in [1.54, 1.807) is 18.2 Å². The summed E-state index contributed by atoms with van der Waals surface area (Å²) in [5, 5.41) is 3.69. The highest BCUT2D eigenvalue weighted by molar-refractivity contribution is 6.35. The second-order valence-electron chi connectivity index (χ2n) is 7.29. The van der Waals surface area contributed by atoms with E-state index in [1.165, 1.54) is 0 Å². The molecule has 0 spiro atoms. The number of carbonyl (C=O) groups excluding carboxylic acids is 1. The number of carbonyl (C=O) groups is 1. The number of piperidine rings is 1. The fourth-order valence-electron chi connectivity index (χ4n) is 3.78. The Morgan fingerprint density at radius 1 is 1.19 bits per heavy atom. The maximum Gasteiger partial charge on any atom is 0.258 e. The Kier molecular flexibility index (Phi) is 4.86. The van der Waals surface area contributed by atoms with E-state index in [9.17, 15) is 9.59 Å². The van der Waals surface area contributed by atoms with Crippen LogP contribution in [0.4, 0.5) is 11.8 Å². The fourth-order valence-corrected chi connectivity index (χ4v) is 4.32. The van der Waals surface area contributed by atoms with Gasteiger partial charge in [-0.15, -0.1) is 0 Å². The van der Waals surface area contributed by atoms with Crippen molar-refractivity contribution >= 4 is 40.9 Å². The van der Waals surface area contributed by atoms with Crippen molar-refractivity contribution in [3.05, 3.63) is 49.7 Å². The van der Waals surface area contributed by atoms with Gasteiger partial charge in [-0.3, -0.25) is 14.6 Å². The smallest absolute Gasteiger partial charge is 0.258 e. The third-order valence-corrected chi connectivity index (χ3v) is 5.92. The summed E-state index contributed by atoms with van der Waals surface area (Å²) >= 11 is 12.3. The van der Waals surface area contributed by atoms with E-state index in [2.05, 4.69) is 27.1 Å². The Hall–Kier alpha value is -2.05. The fraction of sp³-hybridized carbons (Fsp3) is 0.421. The molecule has 1 amide bonds. The highest BCUT2D eigenvalue weighted by Gasteiger charge is 2.33. The van der Waals surface area contributed by atoms with Crippen LogP contribution in [-0.4, -0.2) is 29.0 Å². The third-order valence-electron chi connectivity index (χ3n) is 5.36. The van der Waals surface area contributed by atoms with Crippen molar-refractivity contribution in [2.75, 3.05) is 23.3 Å². The first-order valence-corrected chi connectivity index (χ1v) is 9.82. The maximum absolute atomic E-state index is 12.9. The molecule has 2 N–H and O–H groups in total. The first kappa shape index (κ1) is 18.3. The molecular weight excluding hydrogens is 387 g/mol. The first-order chi connectivity index (χ1) is 12.9. The topological polar surface area (TPSA) is 78.1 Å². The Labute approximate surface area is 166 Å². The van der Waals surface area contributed by atoms with Crippen LogP contribution in [0, 0.1) is 5.92 Å². The molecule has 1 saturated heterocycles. The maximum atomic E-state index is 12.9. The number of nitrogens with one attached hydrogen (secondary N) is 2. The van der Waals surface area contributed by atoms with Crippen LogP contribution in [0.3, 0.4) is 0 Å². The minimum atomic E-state index is -0.454. The predicted molar refractivity (Wildman–Crippen MR) is 107 cm³/mol. The zero-order chi connectivity index (χ0) is 19.1. The first-order valence-electron chi connectivity index (χ1n) is 9.06. The molecule has 0 bridgehead atoms. The Morgan fingerprint density at radius 3 is 2.63 bits per heavy atom. The van der Waals surface area contributed by atoms with Gasteiger partial charge in [-0.05, 0) is 36.5 Å². The van der Waals surface area contributed by atoms with Crippen LogP contribution in [0.1, 0.15) is 43.2 Å². The molecule has 4 rings (SSSR count). The minimum absolute atomic E-state index is 0.139. The number of anilines is 2. The average molecular weight is 407 g/mol. The zero-order valence-corrected chi connectivity index (χ0v) is 16.4. The molecule has 0 saturated carbocycles. The van der Waals surface area contributed by atoms with Gasteiger partial charge in [0, 0.05) is 35.5 Å². The van der Waals surface area contributed by atoms with Crippen molar-refractivity contribution in [2.45, 2.75) is 32.1 Å². The van der Waals surface area contributed by atoms with Gasteiger partial charge in [0.25, 0.3) is 5.56 Å². The van der Waals surface area contributed by atoms with Crippen molar-refractivity contribution in [3.63, 3.8) is 0 Å². The van der Waals surface area contributed by atoms with Crippen molar-refractivity contribution in [1.82, 2.24) is 9.97 Å². The molecule has 0 aliphatic carbocycles. The van der Waals surface area contributed by atoms with Crippen molar-refractivity contribution in [2.24, 2.45) is 5.92 Å². The lowest BCUT2D eigenvalue weighted by Gasteiger charge is -2.32. The molecule has 6 nitrogen and oxygen atoms in total. The van der Waals surface area contributed by atoms with Crippen LogP contribution in [-0.2, 0) is 4.79 Å². The third kappa shape index (κ3) is 3.56. The molecule has 2 aliphatic heterocycles. The van der Waals surface area contributed by atoms with E-state index >= 15 is 0 Å². The highest BCUT2D eigenvalue weighted by Crippen LogP contribution is 2.38. The number of H-pyrrole nitrogens is 1. The molecule has 8 heteroatoms. The van der Waals surface area contributed by atoms with Crippen LogP contribution in [0.15, 0.2) is 23.0 Å². The molecule has 1 aromatic heterocycles. The normalized spacial score (nSPS) is 20.3. The van der Waals surface area contributed by atoms with Gasteiger partial charge >= 0.3 is 0 Å². The largest absolute Gasteiger partial charge is 0.342 e. The van der Waals surface area contributed by atoms with Crippen LogP contribution in [0.5, 0.6) is 0 Å². The van der Waals surface area contributed by atoms with Gasteiger partial charge in [0.1, 0.15) is 5.82 Å². The van der Waals surface area contributed by atoms with Gasteiger partial charge in [0.15, 0.2) is 0 Å². The number of aromatic nitrogens is 2. The summed E-state index contributed by atoms with van der Waals surface area (Å²) in [5.41, 5.74) is 0.890. The van der Waals surface area contributed by atoms with Crippen molar-refractivity contribution in [3.8, 4) is 0 Å². The Balaban J connectivity index is 1.76. The number of fused-ring (bicyclic) bond motifs is 1. The molecule has 142 valence electrons. The lowest BCUT2D eigenvalue weighted by atomic mass is 9.87. The number of nitrogens with zero attached hydrogens (tertiary/aromatic N) is 2. The molecule has 2 aliphatic rings. The van der Waals surface area contributed by atoms with E-state index in [1.807, 2.05) is 0 Å². The second kappa shape index (κ2) is 7.17. The molecule has 3 heterocycles. The summed E-state index contributed by atoms with van der Waals surface area (Å²) < 4.78 is 0. The lowest BCUT2D eigenvalue weighted by Crippen LogP contribution is -2.37. The van der Waals surface area contributed by atoms with Crippen LogP contribution >= 0.6 is 23.2 Å². The van der Waals surface area contributed by atoms with E-state index < -0.39 is 5.92 Å². The molecule has 1 aromatic carbocycles. The van der Waals surface area contributed by atoms with E-state index in [0.29, 0.717) is 38.9 Å². The molecular formula is C19H20Cl2N4O2. The van der Waals surface area contributed by atoms with E-state index in [0.717, 1.165) is 25.9 Å². The standard InChI is InChI=1S/C19H20Cl2N4O2/c1-10-4-6-25(7-5-10)19-23-17-16(18(27)24-19)13(9-15(26)22-17)12-3-2-11(20)8-14(12)21/h2-3,8,10,13H,4-7,9H2,1H3,(H2,22,23,24,26,27). The molecule has 1 unspecified atom stereocenters. The number of halogens is 2. The van der Waals surface area contributed by atoms with Gasteiger partial charge in [-0.2, -0.15) is 4.98 Å².